The molecule has 0 atom stereocenters. The van der Waals surface area contributed by atoms with Gasteiger partial charge in [-0.2, -0.15) is 0 Å². The summed E-state index contributed by atoms with van der Waals surface area (Å²) in [6, 6.07) is 5.41. The molecule has 0 fully saturated rings. The minimum atomic E-state index is -0.144. The number of aromatic nitrogens is 1. The van der Waals surface area contributed by atoms with E-state index in [1.165, 1.54) is 0 Å². The number of rotatable bonds is 4. The van der Waals surface area contributed by atoms with Gasteiger partial charge in [0.05, 0.1) is 13.7 Å². The second kappa shape index (κ2) is 5.14. The maximum absolute atomic E-state index is 11.8. The third-order valence-electron chi connectivity index (χ3n) is 2.82. The molecule has 4 nitrogen and oxygen atoms in total. The van der Waals surface area contributed by atoms with Crippen LogP contribution in [0.15, 0.2) is 24.4 Å². The normalized spacial score (nSPS) is 10.6. The van der Waals surface area contributed by atoms with E-state index >= 15 is 0 Å². The molecule has 4 heteroatoms. The molecular weight excluding hydrogens is 230 g/mol. The van der Waals surface area contributed by atoms with Gasteiger partial charge in [-0.25, -0.2) is 0 Å². The fraction of sp³-hybridized carbons (Fsp3) is 0.286. The number of methoxy groups -OCH3 is 1. The van der Waals surface area contributed by atoms with E-state index in [0.717, 1.165) is 16.5 Å². The molecule has 0 amide bonds. The van der Waals surface area contributed by atoms with Gasteiger partial charge in [-0.3, -0.25) is 9.78 Å². The molecule has 0 unspecified atom stereocenters. The molecule has 0 spiro atoms. The fourth-order valence-corrected chi connectivity index (χ4v) is 1.91. The molecule has 94 valence electrons. The molecule has 1 heterocycles. The van der Waals surface area contributed by atoms with Crippen LogP contribution in [0.4, 0.5) is 0 Å². The number of hydrogen-bond donors (Lipinski definition) is 1. The summed E-state index contributed by atoms with van der Waals surface area (Å²) in [5, 5.41) is 10.6. The second-order valence-electron chi connectivity index (χ2n) is 4.12. The number of nitrogens with zero attached hydrogens (tertiary/aromatic N) is 1. The SMILES string of the molecule is COc1cc(C(=O)CCO)cc2cc(C)ncc12. The summed E-state index contributed by atoms with van der Waals surface area (Å²) in [5.74, 6) is 0.536. The van der Waals surface area contributed by atoms with E-state index in [4.69, 9.17) is 9.84 Å². The number of benzene rings is 1. The van der Waals surface area contributed by atoms with E-state index in [-0.39, 0.29) is 18.8 Å². The Labute approximate surface area is 105 Å². The van der Waals surface area contributed by atoms with Crippen LogP contribution in [0.25, 0.3) is 10.8 Å². The van der Waals surface area contributed by atoms with Gasteiger partial charge in [0.1, 0.15) is 5.75 Å². The molecule has 2 rings (SSSR count). The van der Waals surface area contributed by atoms with Gasteiger partial charge >= 0.3 is 0 Å². The van der Waals surface area contributed by atoms with Gasteiger partial charge < -0.3 is 9.84 Å². The van der Waals surface area contributed by atoms with Crippen LogP contribution in [0.5, 0.6) is 5.75 Å². The fourth-order valence-electron chi connectivity index (χ4n) is 1.91. The summed E-state index contributed by atoms with van der Waals surface area (Å²) < 4.78 is 5.28. The van der Waals surface area contributed by atoms with Crippen LogP contribution in [-0.4, -0.2) is 29.6 Å². The largest absolute Gasteiger partial charge is 0.496 e. The molecule has 1 N–H and O–H groups in total. The highest BCUT2D eigenvalue weighted by Crippen LogP contribution is 2.27. The number of carbonyl (C=O) groups is 1. The number of Topliss-reactive ketones (excluding diaryl/α,β-unsaturated/α-hetero) is 1. The predicted molar refractivity (Wildman–Crippen MR) is 69.1 cm³/mol. The van der Waals surface area contributed by atoms with Crippen LogP contribution in [0.3, 0.4) is 0 Å². The first-order valence-electron chi connectivity index (χ1n) is 5.74. The van der Waals surface area contributed by atoms with E-state index < -0.39 is 0 Å². The van der Waals surface area contributed by atoms with Gasteiger partial charge in [-0.1, -0.05) is 0 Å². The number of carbonyl (C=O) groups excluding carboxylic acids is 1. The van der Waals surface area contributed by atoms with Crippen LogP contribution >= 0.6 is 0 Å². The number of aliphatic hydroxyl groups is 1. The van der Waals surface area contributed by atoms with Gasteiger partial charge in [-0.05, 0) is 30.5 Å². The van der Waals surface area contributed by atoms with Gasteiger partial charge in [-0.15, -0.1) is 0 Å². The number of aryl methyl sites for hydroxylation is 1. The zero-order chi connectivity index (χ0) is 13.1. The molecular formula is C14H15NO3. The number of ether oxygens (including phenoxy) is 1. The quantitative estimate of drug-likeness (QED) is 0.838. The summed E-state index contributed by atoms with van der Waals surface area (Å²) in [6.45, 7) is 1.75. The first-order chi connectivity index (χ1) is 8.65. The average molecular weight is 245 g/mol. The molecule has 18 heavy (non-hydrogen) atoms. The van der Waals surface area contributed by atoms with Crippen LogP contribution in [0.1, 0.15) is 22.5 Å². The van der Waals surface area contributed by atoms with Crippen LogP contribution in [0.2, 0.25) is 0 Å². The number of fused-ring (bicyclic) bond motifs is 1. The highest BCUT2D eigenvalue weighted by atomic mass is 16.5. The van der Waals surface area contributed by atoms with Crippen molar-refractivity contribution in [2.75, 3.05) is 13.7 Å². The second-order valence-corrected chi connectivity index (χ2v) is 4.12. The molecule has 0 aliphatic rings. The van der Waals surface area contributed by atoms with Crippen molar-refractivity contribution in [1.29, 1.82) is 0 Å². The summed E-state index contributed by atoms with van der Waals surface area (Å²) in [5.41, 5.74) is 1.44. The Kier molecular flexibility index (Phi) is 3.58. The van der Waals surface area contributed by atoms with Gasteiger partial charge in [0, 0.05) is 29.3 Å². The molecule has 0 saturated heterocycles. The molecule has 0 bridgehead atoms. The van der Waals surface area contributed by atoms with Crippen LogP contribution in [-0.2, 0) is 0 Å². The van der Waals surface area contributed by atoms with E-state index in [2.05, 4.69) is 4.98 Å². The highest BCUT2D eigenvalue weighted by Gasteiger charge is 2.10. The Balaban J connectivity index is 2.60. The Morgan fingerprint density at radius 1 is 1.39 bits per heavy atom. The lowest BCUT2D eigenvalue weighted by molar-refractivity contribution is 0.0956. The minimum Gasteiger partial charge on any atom is -0.496 e. The molecule has 1 aromatic heterocycles. The minimum absolute atomic E-state index is 0.0906. The van der Waals surface area contributed by atoms with Crippen molar-refractivity contribution in [3.63, 3.8) is 0 Å². The van der Waals surface area contributed by atoms with Crippen molar-refractivity contribution < 1.29 is 14.6 Å². The average Bonchev–Trinajstić information content (AvgIpc) is 2.37. The predicted octanol–water partition coefficient (Wildman–Crippen LogP) is 2.12. The molecule has 0 aliphatic carbocycles. The Morgan fingerprint density at radius 3 is 2.83 bits per heavy atom. The van der Waals surface area contributed by atoms with E-state index in [9.17, 15) is 4.79 Å². The standard InChI is InChI=1S/C14H15NO3/c1-9-5-10-6-11(13(17)3-4-16)7-14(18-2)12(10)8-15-9/h5-8,16H,3-4H2,1-2H3. The summed E-state index contributed by atoms with van der Waals surface area (Å²) in [4.78, 5) is 16.0. The lowest BCUT2D eigenvalue weighted by atomic mass is 10.0. The van der Waals surface area contributed by atoms with Crippen molar-refractivity contribution in [3.05, 3.63) is 35.7 Å². The first-order valence-corrected chi connectivity index (χ1v) is 5.74. The zero-order valence-corrected chi connectivity index (χ0v) is 10.4. The monoisotopic (exact) mass is 245 g/mol. The lowest BCUT2D eigenvalue weighted by Crippen LogP contribution is -2.02. The Bertz CT molecular complexity index is 593. The molecule has 0 radical (unpaired) electrons. The van der Waals surface area contributed by atoms with Crippen LogP contribution < -0.4 is 4.74 Å². The third-order valence-corrected chi connectivity index (χ3v) is 2.82. The van der Waals surface area contributed by atoms with Crippen molar-refractivity contribution in [2.24, 2.45) is 0 Å². The smallest absolute Gasteiger partial charge is 0.165 e. The maximum Gasteiger partial charge on any atom is 0.165 e. The highest BCUT2D eigenvalue weighted by molar-refractivity contribution is 6.01. The maximum atomic E-state index is 11.8. The third kappa shape index (κ3) is 2.33. The Morgan fingerprint density at radius 2 is 2.17 bits per heavy atom. The van der Waals surface area contributed by atoms with Crippen molar-refractivity contribution >= 4 is 16.6 Å². The number of pyridine rings is 1. The summed E-state index contributed by atoms with van der Waals surface area (Å²) in [6.07, 6.45) is 1.86. The molecule has 2 aromatic rings. The van der Waals surface area contributed by atoms with E-state index in [0.29, 0.717) is 11.3 Å². The van der Waals surface area contributed by atoms with Gasteiger partial charge in [0.15, 0.2) is 5.78 Å². The van der Waals surface area contributed by atoms with E-state index in [1.54, 1.807) is 19.4 Å². The lowest BCUT2D eigenvalue weighted by Gasteiger charge is -2.08. The summed E-state index contributed by atoms with van der Waals surface area (Å²) >= 11 is 0. The van der Waals surface area contributed by atoms with Crippen molar-refractivity contribution in [3.8, 4) is 5.75 Å². The number of ketones is 1. The molecule has 1 aromatic carbocycles. The number of hydrogen-bond acceptors (Lipinski definition) is 4. The van der Waals surface area contributed by atoms with Crippen molar-refractivity contribution in [1.82, 2.24) is 4.98 Å². The van der Waals surface area contributed by atoms with Gasteiger partial charge in [0.25, 0.3) is 0 Å². The Hall–Kier alpha value is -1.94. The topological polar surface area (TPSA) is 59.4 Å². The zero-order valence-electron chi connectivity index (χ0n) is 10.4. The number of aliphatic hydroxyl groups excluding tert-OH is 1. The summed E-state index contributed by atoms with van der Waals surface area (Å²) in [7, 11) is 1.56. The molecule has 0 aliphatic heterocycles. The molecule has 0 saturated carbocycles. The van der Waals surface area contributed by atoms with E-state index in [1.807, 2.05) is 19.1 Å². The van der Waals surface area contributed by atoms with Gasteiger partial charge in [0.2, 0.25) is 0 Å². The van der Waals surface area contributed by atoms with Crippen molar-refractivity contribution in [2.45, 2.75) is 13.3 Å². The van der Waals surface area contributed by atoms with Crippen LogP contribution in [0, 0.1) is 6.92 Å². The first kappa shape index (κ1) is 12.5.